The Bertz CT molecular complexity index is 861. The predicted molar refractivity (Wildman–Crippen MR) is 101 cm³/mol. The summed E-state index contributed by atoms with van der Waals surface area (Å²) in [5.74, 6) is -0.803. The Labute approximate surface area is 152 Å². The molecule has 0 aliphatic heterocycles. The summed E-state index contributed by atoms with van der Waals surface area (Å²) in [4.78, 5) is 12.3. The van der Waals surface area contributed by atoms with Gasteiger partial charge in [-0.15, -0.1) is 6.58 Å². The van der Waals surface area contributed by atoms with E-state index in [1.807, 2.05) is 13.8 Å². The van der Waals surface area contributed by atoms with E-state index in [0.717, 1.165) is 0 Å². The van der Waals surface area contributed by atoms with Crippen molar-refractivity contribution in [3.8, 4) is 23.0 Å². The van der Waals surface area contributed by atoms with Crippen LogP contribution < -0.4 is 4.74 Å². The number of ketones is 1. The zero-order valence-electron chi connectivity index (χ0n) is 15.0. The van der Waals surface area contributed by atoms with Crippen molar-refractivity contribution in [2.24, 2.45) is 0 Å². The molecule has 0 spiro atoms. The normalized spacial score (nSPS) is 11.5. The molecule has 3 N–H and O–H groups in total. The number of ether oxygens (including phenoxy) is 1. The molecule has 2 aromatic rings. The van der Waals surface area contributed by atoms with Gasteiger partial charge in [0.25, 0.3) is 0 Å². The lowest BCUT2D eigenvalue weighted by Gasteiger charge is -2.24. The molecule has 5 heteroatoms. The molecule has 0 radical (unpaired) electrons. The Hall–Kier alpha value is -3.21. The number of carbonyl (C=O) groups is 1. The number of hydrogen-bond acceptors (Lipinski definition) is 5. The predicted octanol–water partition coefficient (Wildman–Crippen LogP) is 4.17. The summed E-state index contributed by atoms with van der Waals surface area (Å²) in [6, 6.07) is 7.53. The first-order valence-corrected chi connectivity index (χ1v) is 7.99. The summed E-state index contributed by atoms with van der Waals surface area (Å²) in [7, 11) is 1.37. The molecular weight excluding hydrogens is 332 g/mol. The van der Waals surface area contributed by atoms with E-state index in [9.17, 15) is 20.1 Å². The minimum Gasteiger partial charge on any atom is -0.508 e. The van der Waals surface area contributed by atoms with Gasteiger partial charge in [0.1, 0.15) is 5.75 Å². The van der Waals surface area contributed by atoms with E-state index in [4.69, 9.17) is 4.74 Å². The molecule has 2 aromatic carbocycles. The number of carbonyl (C=O) groups excluding carboxylic acids is 1. The monoisotopic (exact) mass is 354 g/mol. The van der Waals surface area contributed by atoms with Gasteiger partial charge in [-0.1, -0.05) is 19.9 Å². The molecule has 136 valence electrons. The van der Waals surface area contributed by atoms with Gasteiger partial charge >= 0.3 is 0 Å². The van der Waals surface area contributed by atoms with Crippen LogP contribution in [0, 0.1) is 0 Å². The van der Waals surface area contributed by atoms with Crippen molar-refractivity contribution < 1.29 is 24.9 Å². The third-order valence-corrected chi connectivity index (χ3v) is 4.23. The summed E-state index contributed by atoms with van der Waals surface area (Å²) in [6.45, 7) is 7.44. The number of phenols is 3. The molecule has 26 heavy (non-hydrogen) atoms. The Morgan fingerprint density at radius 2 is 1.73 bits per heavy atom. The lowest BCUT2D eigenvalue weighted by atomic mass is 9.83. The molecule has 0 aliphatic rings. The lowest BCUT2D eigenvalue weighted by molar-refractivity contribution is 0.104. The van der Waals surface area contributed by atoms with Crippen LogP contribution in [0.4, 0.5) is 0 Å². The molecule has 0 bridgehead atoms. The first-order chi connectivity index (χ1) is 12.2. The van der Waals surface area contributed by atoms with Gasteiger partial charge in [-0.3, -0.25) is 4.79 Å². The van der Waals surface area contributed by atoms with Gasteiger partial charge in [-0.25, -0.2) is 0 Å². The number of methoxy groups -OCH3 is 1. The van der Waals surface area contributed by atoms with Crippen LogP contribution in [-0.2, 0) is 5.41 Å². The molecule has 0 saturated heterocycles. The largest absolute Gasteiger partial charge is 0.508 e. The maximum atomic E-state index is 12.3. The molecule has 5 nitrogen and oxygen atoms in total. The summed E-state index contributed by atoms with van der Waals surface area (Å²) in [6.07, 6.45) is 4.50. The highest BCUT2D eigenvalue weighted by molar-refractivity contribution is 6.07. The third-order valence-electron chi connectivity index (χ3n) is 4.23. The van der Waals surface area contributed by atoms with Crippen LogP contribution in [0.15, 0.2) is 49.1 Å². The lowest BCUT2D eigenvalue weighted by Crippen LogP contribution is -2.13. The van der Waals surface area contributed by atoms with E-state index in [2.05, 4.69) is 6.58 Å². The summed E-state index contributed by atoms with van der Waals surface area (Å²) in [5, 5.41) is 29.9. The topological polar surface area (TPSA) is 87.0 Å². The molecular formula is C21H22O5. The van der Waals surface area contributed by atoms with E-state index < -0.39 is 11.2 Å². The summed E-state index contributed by atoms with van der Waals surface area (Å²) < 4.78 is 5.18. The molecule has 0 amide bonds. The number of benzene rings is 2. The SMILES string of the molecule is C=CC(C)(C)c1cc(/C=C/C(=O)c2ccc(O)cc2)c(OC)c(O)c1O. The van der Waals surface area contributed by atoms with Gasteiger partial charge in [-0.05, 0) is 42.5 Å². The van der Waals surface area contributed by atoms with Crippen LogP contribution in [0.5, 0.6) is 23.0 Å². The number of hydrogen-bond donors (Lipinski definition) is 3. The quantitative estimate of drug-likeness (QED) is 0.314. The zero-order chi connectivity index (χ0) is 19.5. The Kier molecular flexibility index (Phi) is 5.41. The number of aromatic hydroxyl groups is 3. The second kappa shape index (κ2) is 7.35. The van der Waals surface area contributed by atoms with Crippen LogP contribution >= 0.6 is 0 Å². The highest BCUT2D eigenvalue weighted by Gasteiger charge is 2.26. The minimum atomic E-state index is -0.600. The molecule has 0 heterocycles. The van der Waals surface area contributed by atoms with Gasteiger partial charge in [0, 0.05) is 22.1 Å². The average Bonchev–Trinajstić information content (AvgIpc) is 2.62. The number of allylic oxidation sites excluding steroid dienone is 2. The minimum absolute atomic E-state index is 0.0702. The second-order valence-electron chi connectivity index (χ2n) is 6.41. The van der Waals surface area contributed by atoms with Crippen molar-refractivity contribution in [2.45, 2.75) is 19.3 Å². The van der Waals surface area contributed by atoms with Crippen LogP contribution in [0.1, 0.15) is 35.3 Å². The Balaban J connectivity index is 2.49. The fourth-order valence-electron chi connectivity index (χ4n) is 2.49. The standard InChI is InChI=1S/C21H22O5/c1-5-21(2,3)16-12-14(20(26-4)19(25)18(16)24)8-11-17(23)13-6-9-15(22)10-7-13/h5-12,22,24-25H,1H2,2-4H3/b11-8+. The van der Waals surface area contributed by atoms with Crippen molar-refractivity contribution in [1.82, 2.24) is 0 Å². The van der Waals surface area contributed by atoms with Gasteiger partial charge in [0.05, 0.1) is 7.11 Å². The Morgan fingerprint density at radius 1 is 1.12 bits per heavy atom. The first kappa shape index (κ1) is 19.1. The van der Waals surface area contributed by atoms with E-state index in [1.165, 1.54) is 43.5 Å². The molecule has 0 aromatic heterocycles. The highest BCUT2D eigenvalue weighted by atomic mass is 16.5. The molecule has 0 unspecified atom stereocenters. The summed E-state index contributed by atoms with van der Waals surface area (Å²) >= 11 is 0. The highest BCUT2D eigenvalue weighted by Crippen LogP contribution is 2.46. The molecule has 0 atom stereocenters. The average molecular weight is 354 g/mol. The number of phenolic OH excluding ortho intramolecular Hbond substituents is 3. The fraction of sp³-hybridized carbons (Fsp3) is 0.190. The van der Waals surface area contributed by atoms with Crippen LogP contribution in [0.2, 0.25) is 0 Å². The molecule has 0 saturated carbocycles. The van der Waals surface area contributed by atoms with E-state index >= 15 is 0 Å². The van der Waals surface area contributed by atoms with Gasteiger partial charge in [-0.2, -0.15) is 0 Å². The van der Waals surface area contributed by atoms with E-state index in [-0.39, 0.29) is 23.0 Å². The Morgan fingerprint density at radius 3 is 2.27 bits per heavy atom. The van der Waals surface area contributed by atoms with Crippen molar-refractivity contribution in [3.05, 3.63) is 65.8 Å². The van der Waals surface area contributed by atoms with Gasteiger partial charge in [0.15, 0.2) is 17.3 Å². The van der Waals surface area contributed by atoms with Gasteiger partial charge in [0.2, 0.25) is 5.75 Å². The van der Waals surface area contributed by atoms with Crippen LogP contribution in [0.3, 0.4) is 0 Å². The summed E-state index contributed by atoms with van der Waals surface area (Å²) in [5.41, 5.74) is 0.715. The molecule has 0 fully saturated rings. The van der Waals surface area contributed by atoms with Crippen molar-refractivity contribution in [2.75, 3.05) is 7.11 Å². The van der Waals surface area contributed by atoms with Crippen molar-refractivity contribution in [3.63, 3.8) is 0 Å². The zero-order valence-corrected chi connectivity index (χ0v) is 15.0. The van der Waals surface area contributed by atoms with Crippen molar-refractivity contribution in [1.29, 1.82) is 0 Å². The smallest absolute Gasteiger partial charge is 0.201 e. The van der Waals surface area contributed by atoms with Crippen molar-refractivity contribution >= 4 is 11.9 Å². The fourth-order valence-corrected chi connectivity index (χ4v) is 2.49. The molecule has 0 aliphatic carbocycles. The third kappa shape index (κ3) is 3.72. The number of rotatable bonds is 6. The second-order valence-corrected chi connectivity index (χ2v) is 6.41. The van der Waals surface area contributed by atoms with Crippen LogP contribution in [0.25, 0.3) is 6.08 Å². The van der Waals surface area contributed by atoms with E-state index in [0.29, 0.717) is 16.7 Å². The van der Waals surface area contributed by atoms with E-state index in [1.54, 1.807) is 12.1 Å². The van der Waals surface area contributed by atoms with Crippen LogP contribution in [-0.4, -0.2) is 28.2 Å². The maximum absolute atomic E-state index is 12.3. The van der Waals surface area contributed by atoms with Gasteiger partial charge < -0.3 is 20.1 Å². The first-order valence-electron chi connectivity index (χ1n) is 7.99. The molecule has 2 rings (SSSR count). The maximum Gasteiger partial charge on any atom is 0.201 e.